The maximum absolute atomic E-state index is 12.1. The van der Waals surface area contributed by atoms with Crippen molar-refractivity contribution in [2.75, 3.05) is 33.0 Å². The summed E-state index contributed by atoms with van der Waals surface area (Å²) in [6, 6.07) is 7.22. The van der Waals surface area contributed by atoms with Crippen molar-refractivity contribution in [3.05, 3.63) is 24.3 Å². The van der Waals surface area contributed by atoms with Crippen molar-refractivity contribution < 1.29 is 8.42 Å². The van der Waals surface area contributed by atoms with Crippen LogP contribution in [0, 0.1) is 5.92 Å². The van der Waals surface area contributed by atoms with Crippen LogP contribution in [-0.4, -0.2) is 47.0 Å². The van der Waals surface area contributed by atoms with Gasteiger partial charge in [0.05, 0.1) is 5.69 Å². The van der Waals surface area contributed by atoms with E-state index in [4.69, 9.17) is 0 Å². The normalized spacial score (nSPS) is 13.7. The molecule has 0 saturated heterocycles. The van der Waals surface area contributed by atoms with Gasteiger partial charge in [0.15, 0.2) is 0 Å². The van der Waals surface area contributed by atoms with Gasteiger partial charge < -0.3 is 10.2 Å². The van der Waals surface area contributed by atoms with Crippen LogP contribution in [0.2, 0.25) is 0 Å². The fourth-order valence-corrected chi connectivity index (χ4v) is 3.23. The van der Waals surface area contributed by atoms with Crippen molar-refractivity contribution in [3.8, 4) is 0 Å². The lowest BCUT2D eigenvalue weighted by Gasteiger charge is -2.26. The predicted molar refractivity (Wildman–Crippen MR) is 88.1 cm³/mol. The molecule has 1 atom stereocenters. The van der Waals surface area contributed by atoms with Crippen LogP contribution in [0.25, 0.3) is 0 Å². The van der Waals surface area contributed by atoms with Crippen molar-refractivity contribution in [3.63, 3.8) is 0 Å². The number of anilines is 1. The molecule has 1 aromatic carbocycles. The Bertz CT molecular complexity index is 532. The van der Waals surface area contributed by atoms with E-state index in [0.717, 1.165) is 13.0 Å². The largest absolute Gasteiger partial charge is 0.380 e. The Morgan fingerprint density at radius 2 is 1.81 bits per heavy atom. The highest BCUT2D eigenvalue weighted by molar-refractivity contribution is 7.89. The molecule has 0 aliphatic rings. The van der Waals surface area contributed by atoms with Crippen LogP contribution in [0.3, 0.4) is 0 Å². The zero-order valence-corrected chi connectivity index (χ0v) is 14.4. The number of benzene rings is 1. The highest BCUT2D eigenvalue weighted by Gasteiger charge is 2.19. The van der Waals surface area contributed by atoms with Crippen LogP contribution in [0.4, 0.5) is 5.69 Å². The molecule has 1 aromatic rings. The van der Waals surface area contributed by atoms with Gasteiger partial charge in [0.25, 0.3) is 0 Å². The summed E-state index contributed by atoms with van der Waals surface area (Å²) in [4.78, 5) is 2.40. The molecule has 0 fully saturated rings. The number of rotatable bonds is 8. The first-order valence-electron chi connectivity index (χ1n) is 7.20. The molecule has 0 aliphatic carbocycles. The average molecular weight is 313 g/mol. The lowest BCUT2D eigenvalue weighted by molar-refractivity contribution is 0.356. The van der Waals surface area contributed by atoms with Crippen molar-refractivity contribution in [1.82, 2.24) is 9.62 Å². The maximum Gasteiger partial charge on any atom is 0.242 e. The minimum absolute atomic E-state index is 0.202. The van der Waals surface area contributed by atoms with E-state index >= 15 is 0 Å². The van der Waals surface area contributed by atoms with Gasteiger partial charge in [0.2, 0.25) is 10.0 Å². The Balaban J connectivity index is 3.04. The summed E-state index contributed by atoms with van der Waals surface area (Å²) in [5.41, 5.74) is 0.652. The topological polar surface area (TPSA) is 61.4 Å². The Hall–Kier alpha value is -1.11. The van der Waals surface area contributed by atoms with E-state index in [1.807, 2.05) is 26.2 Å². The van der Waals surface area contributed by atoms with E-state index in [0.29, 0.717) is 16.5 Å². The third-order valence-corrected chi connectivity index (χ3v) is 4.62. The molecule has 21 heavy (non-hydrogen) atoms. The highest BCUT2D eigenvalue weighted by Crippen LogP contribution is 2.22. The molecule has 0 bridgehead atoms. The van der Waals surface area contributed by atoms with Crippen LogP contribution in [-0.2, 0) is 10.0 Å². The number of para-hydroxylation sites is 1. The molecule has 0 aromatic heterocycles. The van der Waals surface area contributed by atoms with Gasteiger partial charge >= 0.3 is 0 Å². The van der Waals surface area contributed by atoms with Crippen LogP contribution < -0.4 is 10.0 Å². The smallest absolute Gasteiger partial charge is 0.242 e. The zero-order chi connectivity index (χ0) is 16.0. The summed E-state index contributed by atoms with van der Waals surface area (Å²) in [5, 5.41) is 3.39. The van der Waals surface area contributed by atoms with Gasteiger partial charge in [0, 0.05) is 12.6 Å². The molecule has 2 N–H and O–H groups in total. The summed E-state index contributed by atoms with van der Waals surface area (Å²) < 4.78 is 26.5. The van der Waals surface area contributed by atoms with Crippen LogP contribution in [0.5, 0.6) is 0 Å². The maximum atomic E-state index is 12.1. The molecule has 0 radical (unpaired) electrons. The molecular formula is C15H27N3O2S. The molecule has 120 valence electrons. The van der Waals surface area contributed by atoms with E-state index in [9.17, 15) is 8.42 Å². The van der Waals surface area contributed by atoms with Crippen molar-refractivity contribution >= 4 is 15.7 Å². The minimum atomic E-state index is -3.46. The van der Waals surface area contributed by atoms with Gasteiger partial charge in [0.1, 0.15) is 4.90 Å². The van der Waals surface area contributed by atoms with Crippen LogP contribution >= 0.6 is 0 Å². The average Bonchev–Trinajstić information content (AvgIpc) is 2.37. The standard InChI is InChI=1S/C15H27N3O2S/c1-12(2)10-13(11-18(4)5)17-14-8-6-7-9-15(14)21(19,20)16-3/h6-9,12-13,16-17H,10-11H2,1-5H3. The fourth-order valence-electron chi connectivity index (χ4n) is 2.34. The Morgan fingerprint density at radius 1 is 1.19 bits per heavy atom. The van der Waals surface area contributed by atoms with E-state index in [1.165, 1.54) is 7.05 Å². The first kappa shape index (κ1) is 17.9. The van der Waals surface area contributed by atoms with Gasteiger partial charge in [-0.3, -0.25) is 0 Å². The Kier molecular flexibility index (Phi) is 6.64. The summed E-state index contributed by atoms with van der Waals surface area (Å²) in [5.74, 6) is 0.538. The fraction of sp³-hybridized carbons (Fsp3) is 0.600. The van der Waals surface area contributed by atoms with Crippen LogP contribution in [0.1, 0.15) is 20.3 Å². The minimum Gasteiger partial charge on any atom is -0.380 e. The SMILES string of the molecule is CNS(=O)(=O)c1ccccc1NC(CC(C)C)CN(C)C. The van der Waals surface area contributed by atoms with Crippen molar-refractivity contribution in [2.24, 2.45) is 5.92 Å². The number of hydrogen-bond donors (Lipinski definition) is 2. The molecule has 0 heterocycles. The molecule has 0 saturated carbocycles. The molecule has 1 unspecified atom stereocenters. The molecule has 0 amide bonds. The van der Waals surface area contributed by atoms with Gasteiger partial charge in [-0.05, 0) is 45.6 Å². The summed E-state index contributed by atoms with van der Waals surface area (Å²) in [6.07, 6.45) is 0.978. The van der Waals surface area contributed by atoms with Gasteiger partial charge in [-0.25, -0.2) is 13.1 Å². The number of nitrogens with zero attached hydrogens (tertiary/aromatic N) is 1. The van der Waals surface area contributed by atoms with Gasteiger partial charge in [-0.1, -0.05) is 26.0 Å². The number of sulfonamides is 1. The van der Waals surface area contributed by atoms with E-state index < -0.39 is 10.0 Å². The van der Waals surface area contributed by atoms with E-state index in [2.05, 4.69) is 28.8 Å². The molecule has 0 spiro atoms. The van der Waals surface area contributed by atoms with Crippen molar-refractivity contribution in [2.45, 2.75) is 31.2 Å². The second-order valence-corrected chi connectivity index (χ2v) is 7.79. The lowest BCUT2D eigenvalue weighted by Crippen LogP contribution is -2.34. The van der Waals surface area contributed by atoms with Gasteiger partial charge in [-0.2, -0.15) is 0 Å². The van der Waals surface area contributed by atoms with E-state index in [-0.39, 0.29) is 6.04 Å². The third-order valence-electron chi connectivity index (χ3n) is 3.15. The first-order chi connectivity index (χ1) is 9.76. The Morgan fingerprint density at radius 3 is 2.33 bits per heavy atom. The summed E-state index contributed by atoms with van der Waals surface area (Å²) >= 11 is 0. The molecule has 0 aliphatic heterocycles. The molecule has 5 nitrogen and oxygen atoms in total. The Labute approximate surface area is 128 Å². The lowest BCUT2D eigenvalue weighted by atomic mass is 10.0. The molecule has 1 rings (SSSR count). The quantitative estimate of drug-likeness (QED) is 0.770. The monoisotopic (exact) mass is 313 g/mol. The summed E-state index contributed by atoms with van der Waals surface area (Å²) in [7, 11) is 2.01. The van der Waals surface area contributed by atoms with Crippen molar-refractivity contribution in [1.29, 1.82) is 0 Å². The molecular weight excluding hydrogens is 286 g/mol. The number of nitrogens with one attached hydrogen (secondary N) is 2. The number of hydrogen-bond acceptors (Lipinski definition) is 4. The number of likely N-dealkylation sites (N-methyl/N-ethyl adjacent to an activating group) is 1. The summed E-state index contributed by atoms with van der Waals surface area (Å²) in [6.45, 7) is 5.19. The highest BCUT2D eigenvalue weighted by atomic mass is 32.2. The van der Waals surface area contributed by atoms with Gasteiger partial charge in [-0.15, -0.1) is 0 Å². The zero-order valence-electron chi connectivity index (χ0n) is 13.6. The van der Waals surface area contributed by atoms with E-state index in [1.54, 1.807) is 12.1 Å². The predicted octanol–water partition coefficient (Wildman–Crippen LogP) is 1.98. The second kappa shape index (κ2) is 7.77. The first-order valence-corrected chi connectivity index (χ1v) is 8.68. The molecule has 6 heteroatoms. The van der Waals surface area contributed by atoms with Crippen LogP contribution in [0.15, 0.2) is 29.2 Å². The second-order valence-electron chi connectivity index (χ2n) is 5.94. The third kappa shape index (κ3) is 5.65.